The van der Waals surface area contributed by atoms with E-state index in [4.69, 9.17) is 5.11 Å². The summed E-state index contributed by atoms with van der Waals surface area (Å²) in [5.74, 6) is -1.05. The Bertz CT molecular complexity index is 649. The molecular weight excluding hydrogens is 292 g/mol. The minimum absolute atomic E-state index is 0. The molecule has 2 aromatic carbocycles. The Morgan fingerprint density at radius 3 is 2.00 bits per heavy atom. The van der Waals surface area contributed by atoms with Crippen molar-refractivity contribution in [2.24, 2.45) is 5.10 Å². The maximum Gasteiger partial charge on any atom is 0.415 e. The predicted molar refractivity (Wildman–Crippen MR) is 82.1 cm³/mol. The molecule has 0 atom stereocenters. The van der Waals surface area contributed by atoms with Crippen molar-refractivity contribution in [3.05, 3.63) is 60.7 Å². The molecule has 0 amide bonds. The molecule has 7 heteroatoms. The first-order chi connectivity index (χ1) is 9.75. The fourth-order valence-corrected chi connectivity index (χ4v) is 1.95. The van der Waals surface area contributed by atoms with E-state index in [1.807, 2.05) is 60.7 Å². The van der Waals surface area contributed by atoms with Crippen molar-refractivity contribution in [1.82, 2.24) is 0 Å². The van der Waals surface area contributed by atoms with Crippen molar-refractivity contribution >= 4 is 35.6 Å². The van der Waals surface area contributed by atoms with Crippen LogP contribution < -0.4 is 15.7 Å². The van der Waals surface area contributed by atoms with E-state index < -0.39 is 5.97 Å². The number of carboxylic acids is 1. The number of aliphatic carboxylic acids is 1. The topological polar surface area (TPSA) is 72.8 Å². The standard InChI is InChI=1S/C14H12N4O2.ClH/c19-14(20)13-15-17(11-7-3-1-4-8-11)18(16-13)12-9-5-2-6-10-12;/h1-10H,(H,15,16)(H,19,20);1H/p+1. The van der Waals surface area contributed by atoms with Crippen LogP contribution in [0.15, 0.2) is 65.8 Å². The van der Waals surface area contributed by atoms with Gasteiger partial charge in [-0.15, -0.1) is 22.6 Å². The minimum Gasteiger partial charge on any atom is -0.472 e. The summed E-state index contributed by atoms with van der Waals surface area (Å²) < 4.78 is 0. The highest BCUT2D eigenvalue weighted by Crippen LogP contribution is 2.21. The summed E-state index contributed by atoms with van der Waals surface area (Å²) in [6.07, 6.45) is 0. The normalized spacial score (nSPS) is 13.6. The van der Waals surface area contributed by atoms with E-state index >= 15 is 0 Å². The second-order valence-electron chi connectivity index (χ2n) is 4.22. The summed E-state index contributed by atoms with van der Waals surface area (Å²) >= 11 is 0. The lowest BCUT2D eigenvalue weighted by Crippen LogP contribution is -2.97. The second-order valence-corrected chi connectivity index (χ2v) is 4.22. The number of para-hydroxylation sites is 2. The van der Waals surface area contributed by atoms with Gasteiger partial charge in [-0.2, -0.15) is 5.43 Å². The zero-order valence-electron chi connectivity index (χ0n) is 11.0. The first-order valence-corrected chi connectivity index (χ1v) is 6.12. The number of quaternary nitrogens is 1. The lowest BCUT2D eigenvalue weighted by Gasteiger charge is -2.23. The van der Waals surface area contributed by atoms with Gasteiger partial charge < -0.3 is 5.11 Å². The zero-order valence-corrected chi connectivity index (χ0v) is 11.8. The first kappa shape index (κ1) is 14.8. The Kier molecular flexibility index (Phi) is 4.42. The van der Waals surface area contributed by atoms with Crippen molar-refractivity contribution < 1.29 is 15.3 Å². The summed E-state index contributed by atoms with van der Waals surface area (Å²) in [5.41, 5.74) is 3.14. The molecule has 0 bridgehead atoms. The van der Waals surface area contributed by atoms with Gasteiger partial charge in [0.25, 0.3) is 0 Å². The molecule has 2 aromatic rings. The number of hydrogen-bond donors (Lipinski definition) is 2. The molecule has 3 rings (SSSR count). The highest BCUT2D eigenvalue weighted by Gasteiger charge is 2.34. The van der Waals surface area contributed by atoms with Gasteiger partial charge in [-0.25, -0.2) is 4.79 Å². The molecule has 1 aliphatic rings. The van der Waals surface area contributed by atoms with Gasteiger partial charge >= 0.3 is 11.8 Å². The summed E-state index contributed by atoms with van der Waals surface area (Å²) in [4.78, 5) is 11.1. The summed E-state index contributed by atoms with van der Waals surface area (Å²) in [5, 5.41) is 16.5. The number of amidine groups is 1. The monoisotopic (exact) mass is 305 g/mol. The molecule has 0 fully saturated rings. The molecule has 0 aromatic heterocycles. The smallest absolute Gasteiger partial charge is 0.415 e. The van der Waals surface area contributed by atoms with E-state index in [0.717, 1.165) is 11.4 Å². The number of carboxylic acid groups (broad SMARTS) is 1. The zero-order chi connectivity index (χ0) is 13.9. The SMILES string of the molecule is Cl.O=C(O)C1=NN(c2ccccc2)N(c2ccccc2)[NH2+]1. The lowest BCUT2D eigenvalue weighted by molar-refractivity contribution is -0.545. The van der Waals surface area contributed by atoms with E-state index in [9.17, 15) is 4.79 Å². The van der Waals surface area contributed by atoms with Crippen LogP contribution in [0, 0.1) is 0 Å². The Morgan fingerprint density at radius 2 is 1.48 bits per heavy atom. The molecule has 0 radical (unpaired) electrons. The molecule has 0 saturated heterocycles. The van der Waals surface area contributed by atoms with Crippen molar-refractivity contribution in [3.63, 3.8) is 0 Å². The Balaban J connectivity index is 0.00000161. The second kappa shape index (κ2) is 6.25. The van der Waals surface area contributed by atoms with Crippen molar-refractivity contribution in [2.75, 3.05) is 10.2 Å². The van der Waals surface area contributed by atoms with Crippen LogP contribution >= 0.6 is 12.4 Å². The fourth-order valence-electron chi connectivity index (χ4n) is 1.95. The fraction of sp³-hybridized carbons (Fsp3) is 0. The molecule has 0 spiro atoms. The van der Waals surface area contributed by atoms with E-state index in [0.29, 0.717) is 0 Å². The molecule has 3 N–H and O–H groups in total. The minimum atomic E-state index is -1.05. The third kappa shape index (κ3) is 2.96. The van der Waals surface area contributed by atoms with Gasteiger partial charge in [0.2, 0.25) is 0 Å². The summed E-state index contributed by atoms with van der Waals surface area (Å²) in [7, 11) is 0. The Labute approximate surface area is 127 Å². The quantitative estimate of drug-likeness (QED) is 0.837. The van der Waals surface area contributed by atoms with Crippen molar-refractivity contribution in [3.8, 4) is 0 Å². The molecule has 0 unspecified atom stereocenters. The van der Waals surface area contributed by atoms with Crippen LogP contribution in [0.4, 0.5) is 11.4 Å². The van der Waals surface area contributed by atoms with Crippen molar-refractivity contribution in [2.45, 2.75) is 0 Å². The molecule has 21 heavy (non-hydrogen) atoms. The molecule has 108 valence electrons. The van der Waals surface area contributed by atoms with E-state index in [2.05, 4.69) is 5.10 Å². The van der Waals surface area contributed by atoms with Gasteiger partial charge in [-0.05, 0) is 24.3 Å². The molecule has 6 nitrogen and oxygen atoms in total. The van der Waals surface area contributed by atoms with Crippen LogP contribution in [-0.2, 0) is 4.79 Å². The van der Waals surface area contributed by atoms with Crippen LogP contribution in [0.25, 0.3) is 0 Å². The van der Waals surface area contributed by atoms with Crippen LogP contribution in [0.3, 0.4) is 0 Å². The number of rotatable bonds is 3. The molecule has 1 aliphatic heterocycles. The molecule has 0 saturated carbocycles. The van der Waals surface area contributed by atoms with Gasteiger partial charge in [-0.3, -0.25) is 0 Å². The van der Waals surface area contributed by atoms with E-state index in [1.54, 1.807) is 10.2 Å². The van der Waals surface area contributed by atoms with Gasteiger partial charge in [0.15, 0.2) is 0 Å². The molecular formula is C14H14ClN4O2+. The van der Waals surface area contributed by atoms with Gasteiger partial charge in [0.1, 0.15) is 5.69 Å². The number of hydrogen-bond acceptors (Lipinski definition) is 4. The maximum absolute atomic E-state index is 11.1. The first-order valence-electron chi connectivity index (χ1n) is 6.12. The largest absolute Gasteiger partial charge is 0.472 e. The number of carbonyl (C=O) groups is 1. The predicted octanol–water partition coefficient (Wildman–Crippen LogP) is 1.23. The maximum atomic E-state index is 11.1. The number of hydrazine groups is 1. The number of nitrogens with two attached hydrogens (primary N) is 1. The van der Waals surface area contributed by atoms with Crippen molar-refractivity contribution in [1.29, 1.82) is 0 Å². The highest BCUT2D eigenvalue weighted by molar-refractivity contribution is 6.30. The van der Waals surface area contributed by atoms with Gasteiger partial charge in [-0.1, -0.05) is 41.5 Å². The average molecular weight is 306 g/mol. The molecule has 0 aliphatic carbocycles. The average Bonchev–Trinajstić information content (AvgIpc) is 2.94. The summed E-state index contributed by atoms with van der Waals surface area (Å²) in [6, 6.07) is 18.9. The van der Waals surface area contributed by atoms with E-state index in [-0.39, 0.29) is 18.2 Å². The third-order valence-electron chi connectivity index (χ3n) is 2.88. The highest BCUT2D eigenvalue weighted by atomic mass is 35.5. The number of anilines is 2. The third-order valence-corrected chi connectivity index (χ3v) is 2.88. The lowest BCUT2D eigenvalue weighted by atomic mass is 10.3. The Hall–Kier alpha value is -2.57. The van der Waals surface area contributed by atoms with E-state index in [1.165, 1.54) is 5.43 Å². The molecule has 1 heterocycles. The van der Waals surface area contributed by atoms with Crippen LogP contribution in [0.1, 0.15) is 0 Å². The summed E-state index contributed by atoms with van der Waals surface area (Å²) in [6.45, 7) is 0. The number of halogens is 1. The van der Waals surface area contributed by atoms with Crippen LogP contribution in [0.5, 0.6) is 0 Å². The van der Waals surface area contributed by atoms with Crippen LogP contribution in [0.2, 0.25) is 0 Å². The number of nitrogens with zero attached hydrogens (tertiary/aromatic N) is 3. The number of benzene rings is 2. The van der Waals surface area contributed by atoms with Gasteiger partial charge in [0, 0.05) is 0 Å². The van der Waals surface area contributed by atoms with Crippen LogP contribution in [-0.4, -0.2) is 16.9 Å². The Morgan fingerprint density at radius 1 is 0.952 bits per heavy atom. The number of hydrazone groups is 1. The van der Waals surface area contributed by atoms with Gasteiger partial charge in [0.05, 0.1) is 5.69 Å².